The second-order valence-corrected chi connectivity index (χ2v) is 9.85. The van der Waals surface area contributed by atoms with Gasteiger partial charge in [0.15, 0.2) is 0 Å². The second-order valence-electron chi connectivity index (χ2n) is 9.85. The standard InChI is InChI=1S/C28H36N4O3/c1-22(2)12-17-32-27(34)31(21-23-8-6-15-29-20-23)26(33)28(32)13-18-30(19-14-28)16-7-10-24-9-4-5-11-25(24)35-3/h4-11,15,20,22H,12-14,16-19,21H2,1-3H3. The summed E-state index contributed by atoms with van der Waals surface area (Å²) in [7, 11) is 1.68. The van der Waals surface area contributed by atoms with Crippen LogP contribution < -0.4 is 4.74 Å². The Morgan fingerprint density at radius 3 is 2.57 bits per heavy atom. The number of hydrogen-bond donors (Lipinski definition) is 0. The maximum Gasteiger partial charge on any atom is 0.327 e. The molecule has 2 aliphatic rings. The Morgan fingerprint density at radius 2 is 1.89 bits per heavy atom. The number of nitrogens with zero attached hydrogens (tertiary/aromatic N) is 4. The number of rotatable bonds is 9. The second kappa shape index (κ2) is 11.0. The Morgan fingerprint density at radius 1 is 1.11 bits per heavy atom. The van der Waals surface area contributed by atoms with E-state index in [0.717, 1.165) is 42.9 Å². The van der Waals surface area contributed by atoms with Crippen LogP contribution in [-0.4, -0.2) is 70.4 Å². The quantitative estimate of drug-likeness (QED) is 0.501. The molecule has 3 amide bonds. The Bertz CT molecular complexity index is 1050. The Hall–Kier alpha value is -3.19. The van der Waals surface area contributed by atoms with E-state index in [4.69, 9.17) is 4.74 Å². The van der Waals surface area contributed by atoms with Gasteiger partial charge in [0.25, 0.3) is 5.91 Å². The molecule has 2 aromatic rings. The summed E-state index contributed by atoms with van der Waals surface area (Å²) in [4.78, 5) is 37.0. The predicted molar refractivity (Wildman–Crippen MR) is 137 cm³/mol. The molecule has 0 radical (unpaired) electrons. The molecule has 7 nitrogen and oxygen atoms in total. The Balaban J connectivity index is 1.45. The zero-order chi connectivity index (χ0) is 24.8. The first-order valence-electron chi connectivity index (χ1n) is 12.5. The first-order chi connectivity index (χ1) is 16.9. The Labute approximate surface area is 208 Å². The van der Waals surface area contributed by atoms with Crippen LogP contribution in [0, 0.1) is 5.92 Å². The summed E-state index contributed by atoms with van der Waals surface area (Å²) in [5, 5.41) is 0. The van der Waals surface area contributed by atoms with Gasteiger partial charge in [-0.05, 0) is 42.9 Å². The summed E-state index contributed by atoms with van der Waals surface area (Å²) >= 11 is 0. The number of likely N-dealkylation sites (tertiary alicyclic amines) is 1. The maximum absolute atomic E-state index is 13.7. The lowest BCUT2D eigenvalue weighted by Crippen LogP contribution is -2.56. The van der Waals surface area contributed by atoms with Crippen LogP contribution >= 0.6 is 0 Å². The first kappa shape index (κ1) is 24.9. The SMILES string of the molecule is COc1ccccc1C=CCN1CCC2(CC1)C(=O)N(Cc1cccnc1)C(=O)N2CCC(C)C. The topological polar surface area (TPSA) is 66.0 Å². The van der Waals surface area contributed by atoms with Crippen molar-refractivity contribution in [1.82, 2.24) is 19.7 Å². The number of carbonyl (C=O) groups is 2. The highest BCUT2D eigenvalue weighted by Crippen LogP contribution is 2.38. The predicted octanol–water partition coefficient (Wildman–Crippen LogP) is 4.45. The molecule has 35 heavy (non-hydrogen) atoms. The van der Waals surface area contributed by atoms with Gasteiger partial charge < -0.3 is 9.64 Å². The van der Waals surface area contributed by atoms with E-state index < -0.39 is 5.54 Å². The molecule has 3 heterocycles. The maximum atomic E-state index is 13.7. The number of methoxy groups -OCH3 is 1. The van der Waals surface area contributed by atoms with E-state index in [2.05, 4.69) is 35.9 Å². The van der Waals surface area contributed by atoms with Crippen LogP contribution in [0.3, 0.4) is 0 Å². The minimum absolute atomic E-state index is 0.0562. The number of para-hydroxylation sites is 1. The van der Waals surface area contributed by atoms with Gasteiger partial charge in [0.2, 0.25) is 0 Å². The van der Waals surface area contributed by atoms with Crippen molar-refractivity contribution in [2.45, 2.75) is 45.2 Å². The van der Waals surface area contributed by atoms with Crippen LogP contribution in [0.25, 0.3) is 6.08 Å². The highest BCUT2D eigenvalue weighted by Gasteiger charge is 2.57. The number of carbonyl (C=O) groups excluding carboxylic acids is 2. The van der Waals surface area contributed by atoms with Crippen molar-refractivity contribution in [3.63, 3.8) is 0 Å². The van der Waals surface area contributed by atoms with Crippen LogP contribution in [0.4, 0.5) is 4.79 Å². The van der Waals surface area contributed by atoms with Gasteiger partial charge in [0, 0.05) is 44.1 Å². The van der Waals surface area contributed by atoms with Gasteiger partial charge >= 0.3 is 6.03 Å². The van der Waals surface area contributed by atoms with E-state index in [9.17, 15) is 9.59 Å². The van der Waals surface area contributed by atoms with Crippen LogP contribution in [-0.2, 0) is 11.3 Å². The lowest BCUT2D eigenvalue weighted by Gasteiger charge is -2.42. The molecule has 4 rings (SSSR count). The molecule has 186 valence electrons. The molecule has 7 heteroatoms. The fourth-order valence-corrected chi connectivity index (χ4v) is 5.02. The van der Waals surface area contributed by atoms with Crippen molar-refractivity contribution in [3.05, 3.63) is 66.0 Å². The number of piperidine rings is 1. The van der Waals surface area contributed by atoms with E-state index >= 15 is 0 Å². The molecule has 2 fully saturated rings. The number of pyridine rings is 1. The van der Waals surface area contributed by atoms with Crippen LogP contribution in [0.2, 0.25) is 0 Å². The third-order valence-corrected chi connectivity index (χ3v) is 7.10. The molecule has 0 saturated carbocycles. The lowest BCUT2D eigenvalue weighted by atomic mass is 9.85. The van der Waals surface area contributed by atoms with Crippen molar-refractivity contribution in [1.29, 1.82) is 0 Å². The van der Waals surface area contributed by atoms with Crippen LogP contribution in [0.5, 0.6) is 5.75 Å². The van der Waals surface area contributed by atoms with E-state index in [1.165, 1.54) is 4.90 Å². The van der Waals surface area contributed by atoms with Crippen LogP contribution in [0.1, 0.15) is 44.2 Å². The minimum atomic E-state index is -0.739. The number of urea groups is 1. The summed E-state index contributed by atoms with van der Waals surface area (Å²) in [5.41, 5.74) is 1.18. The number of benzene rings is 1. The van der Waals surface area contributed by atoms with E-state index in [1.54, 1.807) is 19.5 Å². The largest absolute Gasteiger partial charge is 0.496 e. The third-order valence-electron chi connectivity index (χ3n) is 7.10. The van der Waals surface area contributed by atoms with Gasteiger partial charge in [-0.15, -0.1) is 0 Å². The summed E-state index contributed by atoms with van der Waals surface area (Å²) < 4.78 is 5.43. The summed E-state index contributed by atoms with van der Waals surface area (Å²) in [6.07, 6.45) is 9.84. The minimum Gasteiger partial charge on any atom is -0.496 e. The zero-order valence-electron chi connectivity index (χ0n) is 21.0. The zero-order valence-corrected chi connectivity index (χ0v) is 21.0. The molecular weight excluding hydrogens is 440 g/mol. The van der Waals surface area contributed by atoms with Gasteiger partial charge in [-0.25, -0.2) is 4.79 Å². The average molecular weight is 477 g/mol. The highest BCUT2D eigenvalue weighted by atomic mass is 16.5. The third kappa shape index (κ3) is 5.40. The van der Waals surface area contributed by atoms with E-state index in [1.807, 2.05) is 41.3 Å². The first-order valence-corrected chi connectivity index (χ1v) is 12.5. The van der Waals surface area contributed by atoms with Gasteiger partial charge in [-0.2, -0.15) is 0 Å². The van der Waals surface area contributed by atoms with Crippen molar-refractivity contribution >= 4 is 18.0 Å². The lowest BCUT2D eigenvalue weighted by molar-refractivity contribution is -0.136. The fraction of sp³-hybridized carbons (Fsp3) is 0.464. The van der Waals surface area contributed by atoms with Crippen molar-refractivity contribution in [2.75, 3.05) is 33.3 Å². The molecular formula is C28H36N4O3. The molecule has 0 aliphatic carbocycles. The number of ether oxygens (including phenoxy) is 1. The van der Waals surface area contributed by atoms with Crippen LogP contribution in [0.15, 0.2) is 54.9 Å². The number of amides is 3. The van der Waals surface area contributed by atoms with E-state index in [0.29, 0.717) is 25.3 Å². The van der Waals surface area contributed by atoms with Crippen molar-refractivity contribution in [3.8, 4) is 5.75 Å². The van der Waals surface area contributed by atoms with Crippen molar-refractivity contribution in [2.24, 2.45) is 5.92 Å². The monoisotopic (exact) mass is 476 g/mol. The molecule has 1 aromatic heterocycles. The normalized spacial score (nSPS) is 18.4. The van der Waals surface area contributed by atoms with Gasteiger partial charge in [0.05, 0.1) is 13.7 Å². The van der Waals surface area contributed by atoms with E-state index in [-0.39, 0.29) is 18.5 Å². The molecule has 1 spiro atoms. The number of aromatic nitrogens is 1. The van der Waals surface area contributed by atoms with Crippen molar-refractivity contribution < 1.29 is 14.3 Å². The molecule has 0 bridgehead atoms. The molecule has 2 aliphatic heterocycles. The molecule has 0 atom stereocenters. The molecule has 0 unspecified atom stereocenters. The molecule has 0 N–H and O–H groups in total. The summed E-state index contributed by atoms with van der Waals surface area (Å²) in [6.45, 7) is 7.53. The van der Waals surface area contributed by atoms with Gasteiger partial charge in [-0.3, -0.25) is 19.6 Å². The summed E-state index contributed by atoms with van der Waals surface area (Å²) in [5.74, 6) is 1.26. The average Bonchev–Trinajstić information content (AvgIpc) is 3.05. The number of imide groups is 1. The highest BCUT2D eigenvalue weighted by molar-refractivity contribution is 6.07. The number of hydrogen-bond acceptors (Lipinski definition) is 5. The Kier molecular flexibility index (Phi) is 7.86. The molecule has 2 saturated heterocycles. The molecule has 1 aromatic carbocycles. The van der Waals surface area contributed by atoms with Gasteiger partial charge in [-0.1, -0.05) is 50.3 Å². The fourth-order valence-electron chi connectivity index (χ4n) is 5.02. The smallest absolute Gasteiger partial charge is 0.327 e. The summed E-state index contributed by atoms with van der Waals surface area (Å²) in [6, 6.07) is 11.5. The van der Waals surface area contributed by atoms with Gasteiger partial charge in [0.1, 0.15) is 11.3 Å².